The molecule has 106 valence electrons. The lowest BCUT2D eigenvalue weighted by Gasteiger charge is -2.21. The highest BCUT2D eigenvalue weighted by atomic mass is 32.1. The van der Waals surface area contributed by atoms with E-state index in [1.54, 1.807) is 11.3 Å². The normalized spacial score (nSPS) is 23.6. The Morgan fingerprint density at radius 1 is 1.58 bits per heavy atom. The second-order valence-corrected chi connectivity index (χ2v) is 7.18. The Morgan fingerprint density at radius 2 is 2.32 bits per heavy atom. The van der Waals surface area contributed by atoms with Gasteiger partial charge in [0.2, 0.25) is 0 Å². The van der Waals surface area contributed by atoms with Gasteiger partial charge in [0.25, 0.3) is 5.91 Å². The molecule has 1 aliphatic heterocycles. The van der Waals surface area contributed by atoms with E-state index in [-0.39, 0.29) is 11.3 Å². The van der Waals surface area contributed by atoms with Gasteiger partial charge in [-0.2, -0.15) is 0 Å². The Labute approximate surface area is 118 Å². The first-order chi connectivity index (χ1) is 8.81. The number of hydrogen-bond acceptors (Lipinski definition) is 4. The zero-order chi connectivity index (χ0) is 14.1. The molecule has 1 saturated heterocycles. The first-order valence-electron chi connectivity index (χ1n) is 6.68. The van der Waals surface area contributed by atoms with Gasteiger partial charge >= 0.3 is 0 Å². The molecule has 0 bridgehead atoms. The number of carbonyl (C=O) groups is 1. The van der Waals surface area contributed by atoms with Crippen molar-refractivity contribution in [3.8, 4) is 0 Å². The van der Waals surface area contributed by atoms with E-state index in [1.165, 1.54) is 0 Å². The van der Waals surface area contributed by atoms with Gasteiger partial charge in [-0.25, -0.2) is 4.98 Å². The van der Waals surface area contributed by atoms with Crippen LogP contribution in [-0.2, 0) is 21.5 Å². The SMILES string of the molecule is CC(C)(C)c1csc(CNC(=O)[C@@]2(C)CCCO2)n1. The summed E-state index contributed by atoms with van der Waals surface area (Å²) in [6.07, 6.45) is 1.75. The number of ether oxygens (including phenoxy) is 1. The zero-order valence-electron chi connectivity index (χ0n) is 12.1. The van der Waals surface area contributed by atoms with Crippen molar-refractivity contribution < 1.29 is 9.53 Å². The largest absolute Gasteiger partial charge is 0.365 e. The zero-order valence-corrected chi connectivity index (χ0v) is 12.9. The minimum atomic E-state index is -0.649. The van der Waals surface area contributed by atoms with Crippen LogP contribution in [0.5, 0.6) is 0 Å². The first kappa shape index (κ1) is 14.5. The maximum Gasteiger partial charge on any atom is 0.252 e. The molecule has 19 heavy (non-hydrogen) atoms. The van der Waals surface area contributed by atoms with E-state index in [0.29, 0.717) is 13.2 Å². The lowest BCUT2D eigenvalue weighted by molar-refractivity contribution is -0.139. The highest BCUT2D eigenvalue weighted by Crippen LogP contribution is 2.26. The molecule has 0 aliphatic carbocycles. The fraction of sp³-hybridized carbons (Fsp3) is 0.714. The smallest absolute Gasteiger partial charge is 0.252 e. The van der Waals surface area contributed by atoms with Crippen LogP contribution in [0.4, 0.5) is 0 Å². The van der Waals surface area contributed by atoms with Crippen LogP contribution in [0, 0.1) is 0 Å². The second-order valence-electron chi connectivity index (χ2n) is 6.24. The summed E-state index contributed by atoms with van der Waals surface area (Å²) in [7, 11) is 0. The monoisotopic (exact) mass is 282 g/mol. The molecule has 1 aliphatic rings. The third-order valence-electron chi connectivity index (χ3n) is 3.42. The van der Waals surface area contributed by atoms with E-state index in [9.17, 15) is 4.79 Å². The number of rotatable bonds is 3. The number of hydrogen-bond donors (Lipinski definition) is 1. The molecule has 5 heteroatoms. The van der Waals surface area contributed by atoms with Crippen molar-refractivity contribution in [3.63, 3.8) is 0 Å². The minimum absolute atomic E-state index is 0.0301. The molecule has 1 N–H and O–H groups in total. The molecule has 0 aromatic carbocycles. The molecular formula is C14H22N2O2S. The predicted molar refractivity (Wildman–Crippen MR) is 76.3 cm³/mol. The topological polar surface area (TPSA) is 51.2 Å². The molecule has 2 rings (SSSR count). The fourth-order valence-corrected chi connectivity index (χ4v) is 3.00. The van der Waals surface area contributed by atoms with E-state index >= 15 is 0 Å². The number of aromatic nitrogens is 1. The van der Waals surface area contributed by atoms with E-state index < -0.39 is 5.60 Å². The van der Waals surface area contributed by atoms with Crippen LogP contribution in [0.25, 0.3) is 0 Å². The van der Waals surface area contributed by atoms with Crippen LogP contribution in [0.15, 0.2) is 5.38 Å². The minimum Gasteiger partial charge on any atom is -0.365 e. The van der Waals surface area contributed by atoms with Gasteiger partial charge < -0.3 is 10.1 Å². The molecule has 0 saturated carbocycles. The van der Waals surface area contributed by atoms with E-state index in [2.05, 4.69) is 36.5 Å². The summed E-state index contributed by atoms with van der Waals surface area (Å²) < 4.78 is 5.52. The third-order valence-corrected chi connectivity index (χ3v) is 4.27. The number of amides is 1. The lowest BCUT2D eigenvalue weighted by atomic mass is 9.93. The number of nitrogens with one attached hydrogen (secondary N) is 1. The molecule has 2 heterocycles. The quantitative estimate of drug-likeness (QED) is 0.927. The molecule has 1 aromatic heterocycles. The van der Waals surface area contributed by atoms with Crippen LogP contribution < -0.4 is 5.32 Å². The van der Waals surface area contributed by atoms with Gasteiger partial charge in [-0.15, -0.1) is 11.3 Å². The van der Waals surface area contributed by atoms with Gasteiger partial charge in [0.1, 0.15) is 10.6 Å². The molecule has 0 radical (unpaired) electrons. The number of nitrogens with zero attached hydrogens (tertiary/aromatic N) is 1. The summed E-state index contributed by atoms with van der Waals surface area (Å²) in [5.41, 5.74) is 0.480. The van der Waals surface area contributed by atoms with E-state index in [0.717, 1.165) is 23.5 Å². The molecule has 1 atom stereocenters. The maximum atomic E-state index is 12.1. The predicted octanol–water partition coefficient (Wildman–Crippen LogP) is 2.63. The van der Waals surface area contributed by atoms with Gasteiger partial charge in [0.15, 0.2) is 0 Å². The van der Waals surface area contributed by atoms with E-state index in [1.807, 2.05) is 6.92 Å². The molecule has 1 amide bonds. The molecule has 4 nitrogen and oxygen atoms in total. The summed E-state index contributed by atoms with van der Waals surface area (Å²) in [4.78, 5) is 16.7. The van der Waals surface area contributed by atoms with Crippen molar-refractivity contribution in [2.24, 2.45) is 0 Å². The Bertz CT molecular complexity index is 456. The van der Waals surface area contributed by atoms with Crippen LogP contribution >= 0.6 is 11.3 Å². The molecule has 1 aromatic rings. The van der Waals surface area contributed by atoms with Gasteiger partial charge in [-0.3, -0.25) is 4.79 Å². The maximum absolute atomic E-state index is 12.1. The Hall–Kier alpha value is -0.940. The van der Waals surface area contributed by atoms with Crippen molar-refractivity contribution in [3.05, 3.63) is 16.1 Å². The van der Waals surface area contributed by atoms with Crippen LogP contribution in [0.1, 0.15) is 51.2 Å². The molecule has 0 spiro atoms. The standard InChI is InChI=1S/C14H22N2O2S/c1-13(2,3)10-9-19-11(16-10)8-15-12(17)14(4)6-5-7-18-14/h9H,5-8H2,1-4H3,(H,15,17)/t14-/m1/s1. The molecular weight excluding hydrogens is 260 g/mol. The summed E-state index contributed by atoms with van der Waals surface area (Å²) in [6, 6.07) is 0. The van der Waals surface area contributed by atoms with Crippen molar-refractivity contribution in [1.29, 1.82) is 0 Å². The average Bonchev–Trinajstić information content (AvgIpc) is 2.94. The van der Waals surface area contributed by atoms with Crippen LogP contribution in [-0.4, -0.2) is 23.1 Å². The Balaban J connectivity index is 1.92. The fourth-order valence-electron chi connectivity index (χ4n) is 2.04. The van der Waals surface area contributed by atoms with Crippen molar-refractivity contribution in [2.75, 3.05) is 6.61 Å². The van der Waals surface area contributed by atoms with Crippen molar-refractivity contribution in [1.82, 2.24) is 10.3 Å². The summed E-state index contributed by atoms with van der Waals surface area (Å²) in [5, 5.41) is 5.94. The Morgan fingerprint density at radius 3 is 2.84 bits per heavy atom. The molecule has 0 unspecified atom stereocenters. The summed E-state index contributed by atoms with van der Waals surface area (Å²) in [5.74, 6) is -0.0301. The number of carbonyl (C=O) groups excluding carboxylic acids is 1. The van der Waals surface area contributed by atoms with Crippen LogP contribution in [0.3, 0.4) is 0 Å². The van der Waals surface area contributed by atoms with Gasteiger partial charge in [-0.1, -0.05) is 20.8 Å². The number of thiazole rings is 1. The third kappa shape index (κ3) is 3.34. The lowest BCUT2D eigenvalue weighted by Crippen LogP contribution is -2.43. The van der Waals surface area contributed by atoms with Crippen LogP contribution in [0.2, 0.25) is 0 Å². The highest BCUT2D eigenvalue weighted by Gasteiger charge is 2.37. The van der Waals surface area contributed by atoms with Crippen molar-refractivity contribution in [2.45, 2.75) is 58.1 Å². The van der Waals surface area contributed by atoms with Crippen molar-refractivity contribution >= 4 is 17.2 Å². The summed E-state index contributed by atoms with van der Waals surface area (Å²) >= 11 is 1.59. The van der Waals surface area contributed by atoms with Gasteiger partial charge in [-0.05, 0) is 19.8 Å². The second kappa shape index (κ2) is 5.21. The average molecular weight is 282 g/mol. The van der Waals surface area contributed by atoms with Gasteiger partial charge in [0, 0.05) is 17.4 Å². The first-order valence-corrected chi connectivity index (χ1v) is 7.56. The highest BCUT2D eigenvalue weighted by molar-refractivity contribution is 7.09. The Kier molecular flexibility index (Phi) is 3.97. The summed E-state index contributed by atoms with van der Waals surface area (Å²) in [6.45, 7) is 9.43. The van der Waals surface area contributed by atoms with Gasteiger partial charge in [0.05, 0.1) is 12.2 Å². The van der Waals surface area contributed by atoms with E-state index in [4.69, 9.17) is 4.74 Å². The molecule has 1 fully saturated rings.